The first-order valence-corrected chi connectivity index (χ1v) is 17.5. The lowest BCUT2D eigenvalue weighted by molar-refractivity contribution is 0.416. The molecule has 0 unspecified atom stereocenters. The van der Waals surface area contributed by atoms with Gasteiger partial charge in [-0.3, -0.25) is 0 Å². The maximum Gasteiger partial charge on any atom is 0.199 e. The minimum atomic E-state index is -2.17. The van der Waals surface area contributed by atoms with Crippen molar-refractivity contribution in [2.45, 2.75) is 142 Å². The molecule has 0 radical (unpaired) electrons. The molecule has 3 aromatic rings. The molecular formula is C36H50F7N3. The third-order valence-electron chi connectivity index (χ3n) is 8.79. The van der Waals surface area contributed by atoms with Crippen LogP contribution in [0.5, 0.6) is 0 Å². The fourth-order valence-electron chi connectivity index (χ4n) is 6.06. The minimum Gasteiger partial charge on any atom is -0.367 e. The van der Waals surface area contributed by atoms with Crippen LogP contribution in [-0.2, 0) is 0 Å². The number of fused-ring (bicyclic) bond motifs is 2. The summed E-state index contributed by atoms with van der Waals surface area (Å²) >= 11 is 0. The standard InChI is InChI=1S/C36H50F7N3/c1-3-5-7-9-11-13-15-17-19-21-23-46(24-22-20-18-16-14-12-10-8-6-4-2)36-30(42)29(41)34-35(31(36)43)45-33-28(40)26(38)25(37)27(39)32(33)44-34/h3-24H2,1-2H3. The lowest BCUT2D eigenvalue weighted by atomic mass is 10.1. The zero-order chi connectivity index (χ0) is 33.5. The molecule has 1 heterocycles. The van der Waals surface area contributed by atoms with Gasteiger partial charge in [0, 0.05) is 13.1 Å². The lowest BCUT2D eigenvalue weighted by Crippen LogP contribution is -2.28. The van der Waals surface area contributed by atoms with Crippen LogP contribution < -0.4 is 4.90 Å². The molecule has 258 valence electrons. The van der Waals surface area contributed by atoms with Crippen LogP contribution in [0.25, 0.3) is 22.1 Å². The van der Waals surface area contributed by atoms with E-state index in [1.54, 1.807) is 0 Å². The zero-order valence-electron chi connectivity index (χ0n) is 27.5. The minimum absolute atomic E-state index is 0.260. The fraction of sp³-hybridized carbons (Fsp3) is 0.667. The van der Waals surface area contributed by atoms with E-state index in [2.05, 4.69) is 23.8 Å². The number of unbranched alkanes of at least 4 members (excludes halogenated alkanes) is 18. The van der Waals surface area contributed by atoms with Crippen LogP contribution in [0.15, 0.2) is 0 Å². The summed E-state index contributed by atoms with van der Waals surface area (Å²) in [6, 6.07) is 0. The summed E-state index contributed by atoms with van der Waals surface area (Å²) in [4.78, 5) is 8.52. The second kappa shape index (κ2) is 19.9. The molecule has 1 aromatic heterocycles. The second-order valence-corrected chi connectivity index (χ2v) is 12.5. The van der Waals surface area contributed by atoms with Crippen LogP contribution in [0.3, 0.4) is 0 Å². The first-order valence-electron chi connectivity index (χ1n) is 17.5. The predicted octanol–water partition coefficient (Wildman–Crippen LogP) is 12.4. The molecule has 0 aliphatic carbocycles. The molecule has 0 aliphatic rings. The Labute approximate surface area is 269 Å². The summed E-state index contributed by atoms with van der Waals surface area (Å²) < 4.78 is 103. The highest BCUT2D eigenvalue weighted by molar-refractivity contribution is 5.90. The molecule has 0 fully saturated rings. The van der Waals surface area contributed by atoms with Crippen molar-refractivity contribution in [2.75, 3.05) is 18.0 Å². The van der Waals surface area contributed by atoms with Gasteiger partial charge < -0.3 is 4.90 Å². The highest BCUT2D eigenvalue weighted by Gasteiger charge is 2.29. The molecule has 0 amide bonds. The Hall–Kier alpha value is -2.65. The van der Waals surface area contributed by atoms with E-state index in [-0.39, 0.29) is 13.1 Å². The quantitative estimate of drug-likeness (QED) is 0.0334. The van der Waals surface area contributed by atoms with Crippen LogP contribution in [-0.4, -0.2) is 23.1 Å². The molecule has 0 bridgehead atoms. The Morgan fingerprint density at radius 2 is 0.630 bits per heavy atom. The third-order valence-corrected chi connectivity index (χ3v) is 8.79. The summed E-state index contributed by atoms with van der Waals surface area (Å²) in [7, 11) is 0. The van der Waals surface area contributed by atoms with Crippen molar-refractivity contribution in [3.05, 3.63) is 40.7 Å². The molecule has 0 saturated heterocycles. The van der Waals surface area contributed by atoms with Crippen LogP contribution in [0.2, 0.25) is 0 Å². The normalized spacial score (nSPS) is 11.8. The maximum atomic E-state index is 16.0. The van der Waals surface area contributed by atoms with Crippen molar-refractivity contribution < 1.29 is 30.7 Å². The van der Waals surface area contributed by atoms with Crippen LogP contribution in [0.4, 0.5) is 36.4 Å². The monoisotopic (exact) mass is 657 g/mol. The summed E-state index contributed by atoms with van der Waals surface area (Å²) in [6.07, 6.45) is 21.5. The van der Waals surface area contributed by atoms with Crippen LogP contribution in [0.1, 0.15) is 142 Å². The molecule has 3 nitrogen and oxygen atoms in total. The van der Waals surface area contributed by atoms with Crippen molar-refractivity contribution in [2.24, 2.45) is 0 Å². The molecule has 0 saturated carbocycles. The number of benzene rings is 2. The van der Waals surface area contributed by atoms with Gasteiger partial charge in [-0.2, -0.15) is 0 Å². The van der Waals surface area contributed by atoms with E-state index >= 15 is 13.2 Å². The fourth-order valence-corrected chi connectivity index (χ4v) is 6.06. The molecule has 0 atom stereocenters. The maximum absolute atomic E-state index is 16.0. The van der Waals surface area contributed by atoms with Crippen molar-refractivity contribution in [3.8, 4) is 0 Å². The molecule has 0 aliphatic heterocycles. The summed E-state index contributed by atoms with van der Waals surface area (Å²) in [5.41, 5.74) is -4.80. The van der Waals surface area contributed by atoms with E-state index in [1.807, 2.05) is 0 Å². The average molecular weight is 658 g/mol. The van der Waals surface area contributed by atoms with E-state index in [1.165, 1.54) is 69.1 Å². The SMILES string of the molecule is CCCCCCCCCCCCN(CCCCCCCCCCCC)c1c(F)c(F)c2nc3c(F)c(F)c(F)c(F)c3nc2c1F. The Balaban J connectivity index is 1.76. The van der Waals surface area contributed by atoms with Gasteiger partial charge in [-0.05, 0) is 12.8 Å². The first-order chi connectivity index (χ1) is 22.2. The van der Waals surface area contributed by atoms with Gasteiger partial charge in [-0.1, -0.05) is 129 Å². The lowest BCUT2D eigenvalue weighted by Gasteiger charge is -2.26. The van der Waals surface area contributed by atoms with E-state index < -0.39 is 68.5 Å². The highest BCUT2D eigenvalue weighted by atomic mass is 19.2. The van der Waals surface area contributed by atoms with Crippen molar-refractivity contribution in [1.82, 2.24) is 9.97 Å². The molecule has 10 heteroatoms. The van der Waals surface area contributed by atoms with E-state index in [0.29, 0.717) is 12.8 Å². The van der Waals surface area contributed by atoms with Gasteiger partial charge >= 0.3 is 0 Å². The van der Waals surface area contributed by atoms with E-state index in [4.69, 9.17) is 0 Å². The number of hydrogen-bond donors (Lipinski definition) is 0. The zero-order valence-corrected chi connectivity index (χ0v) is 27.5. The van der Waals surface area contributed by atoms with Crippen LogP contribution in [0, 0.1) is 40.7 Å². The highest BCUT2D eigenvalue weighted by Crippen LogP contribution is 2.35. The Kier molecular flexibility index (Phi) is 16.3. The van der Waals surface area contributed by atoms with Crippen molar-refractivity contribution in [1.29, 1.82) is 0 Å². The summed E-state index contributed by atoms with van der Waals surface area (Å²) in [5, 5.41) is 0. The molecule has 3 rings (SSSR count). The van der Waals surface area contributed by atoms with Gasteiger partial charge in [-0.25, -0.2) is 40.7 Å². The largest absolute Gasteiger partial charge is 0.367 e. The number of aromatic nitrogens is 2. The number of nitrogens with zero attached hydrogens (tertiary/aromatic N) is 3. The Morgan fingerprint density at radius 1 is 0.348 bits per heavy atom. The van der Waals surface area contributed by atoms with Crippen molar-refractivity contribution in [3.63, 3.8) is 0 Å². The number of halogens is 7. The topological polar surface area (TPSA) is 29.0 Å². The smallest absolute Gasteiger partial charge is 0.199 e. The van der Waals surface area contributed by atoms with Gasteiger partial charge in [-0.15, -0.1) is 0 Å². The number of anilines is 1. The van der Waals surface area contributed by atoms with E-state index in [0.717, 1.165) is 51.4 Å². The molecule has 46 heavy (non-hydrogen) atoms. The third kappa shape index (κ3) is 10.2. The van der Waals surface area contributed by atoms with Gasteiger partial charge in [0.1, 0.15) is 27.8 Å². The second-order valence-electron chi connectivity index (χ2n) is 12.5. The van der Waals surface area contributed by atoms with Gasteiger partial charge in [0.15, 0.2) is 40.7 Å². The Morgan fingerprint density at radius 3 is 0.978 bits per heavy atom. The number of rotatable bonds is 23. The Bertz CT molecular complexity index is 1360. The summed E-state index contributed by atoms with van der Waals surface area (Å²) in [6.45, 7) is 4.89. The predicted molar refractivity (Wildman–Crippen MR) is 173 cm³/mol. The van der Waals surface area contributed by atoms with E-state index in [9.17, 15) is 17.6 Å². The average Bonchev–Trinajstić information content (AvgIpc) is 3.06. The number of hydrogen-bond acceptors (Lipinski definition) is 3. The van der Waals surface area contributed by atoms with Gasteiger partial charge in [0.2, 0.25) is 0 Å². The molecule has 0 N–H and O–H groups in total. The first kappa shape index (κ1) is 37.8. The van der Waals surface area contributed by atoms with Gasteiger partial charge in [0.05, 0.1) is 0 Å². The van der Waals surface area contributed by atoms with Crippen molar-refractivity contribution >= 4 is 27.8 Å². The van der Waals surface area contributed by atoms with Gasteiger partial charge in [0.25, 0.3) is 0 Å². The van der Waals surface area contributed by atoms with Crippen LogP contribution >= 0.6 is 0 Å². The molecule has 0 spiro atoms. The molecular weight excluding hydrogens is 607 g/mol. The summed E-state index contributed by atoms with van der Waals surface area (Å²) in [5.74, 6) is -12.6. The molecule has 2 aromatic carbocycles.